The minimum absolute atomic E-state index is 0.103. The minimum atomic E-state index is -0.141. The normalized spacial score (nSPS) is 12.3. The second kappa shape index (κ2) is 3.56. The summed E-state index contributed by atoms with van der Waals surface area (Å²) >= 11 is 3.96. The molecule has 0 fully saturated rings. The Hall–Kier alpha value is -0.440. The van der Waals surface area contributed by atoms with Crippen molar-refractivity contribution in [3.8, 4) is 0 Å². The first-order valence-corrected chi connectivity index (χ1v) is 3.20. The van der Waals surface area contributed by atoms with Crippen molar-refractivity contribution in [1.82, 2.24) is 5.32 Å². The van der Waals surface area contributed by atoms with E-state index in [1.807, 2.05) is 0 Å². The van der Waals surface area contributed by atoms with Crippen molar-refractivity contribution in [2.45, 2.75) is 19.2 Å². The maximum Gasteiger partial charge on any atom is 0.247 e. The summed E-state index contributed by atoms with van der Waals surface area (Å²) in [5, 5.41) is 2.47. The summed E-state index contributed by atoms with van der Waals surface area (Å²) in [4.78, 5) is 10.7. The summed E-state index contributed by atoms with van der Waals surface area (Å²) in [6.45, 7) is 6.90. The average molecular weight is 145 g/mol. The van der Waals surface area contributed by atoms with Crippen molar-refractivity contribution >= 4 is 18.5 Å². The van der Waals surface area contributed by atoms with Crippen LogP contribution in [0.3, 0.4) is 0 Å². The van der Waals surface area contributed by atoms with Gasteiger partial charge in [-0.05, 0) is 13.8 Å². The summed E-state index contributed by atoms with van der Waals surface area (Å²) in [6, 6.07) is 0. The molecule has 0 heterocycles. The molecular weight excluding hydrogens is 134 g/mol. The molecule has 0 spiro atoms. The summed E-state index contributed by atoms with van der Waals surface area (Å²) in [5.41, 5.74) is 0.510. The Kier molecular flexibility index (Phi) is 3.39. The first-order valence-electron chi connectivity index (χ1n) is 2.68. The fourth-order valence-electron chi connectivity index (χ4n) is 0.313. The Bertz CT molecular complexity index is 131. The minimum Gasteiger partial charge on any atom is -0.341 e. The molecule has 2 nitrogen and oxygen atoms in total. The lowest BCUT2D eigenvalue weighted by Crippen LogP contribution is -2.28. The zero-order chi connectivity index (χ0) is 7.44. The smallest absolute Gasteiger partial charge is 0.247 e. The number of amides is 1. The lowest BCUT2D eigenvalue weighted by atomic mass is 10.3. The molecule has 1 atom stereocenters. The van der Waals surface area contributed by atoms with Crippen LogP contribution in [0.2, 0.25) is 0 Å². The lowest BCUT2D eigenvalue weighted by Gasteiger charge is -2.05. The van der Waals surface area contributed by atoms with Crippen LogP contribution in [-0.4, -0.2) is 11.3 Å². The fourth-order valence-corrected chi connectivity index (χ4v) is 0.430. The molecule has 0 saturated heterocycles. The molecule has 1 amide bonds. The van der Waals surface area contributed by atoms with Crippen LogP contribution in [0, 0.1) is 0 Å². The molecule has 0 aromatic heterocycles. The van der Waals surface area contributed by atoms with E-state index in [1.165, 1.54) is 0 Å². The Labute approximate surface area is 60.7 Å². The number of thiol groups is 1. The molecule has 0 radical (unpaired) electrons. The Balaban J connectivity index is 3.65. The van der Waals surface area contributed by atoms with E-state index in [4.69, 9.17) is 0 Å². The van der Waals surface area contributed by atoms with Crippen LogP contribution in [0.5, 0.6) is 0 Å². The van der Waals surface area contributed by atoms with Crippen molar-refractivity contribution in [1.29, 1.82) is 0 Å². The van der Waals surface area contributed by atoms with Crippen LogP contribution in [0.25, 0.3) is 0 Å². The van der Waals surface area contributed by atoms with E-state index in [2.05, 4.69) is 24.5 Å². The standard InChI is InChI=1S/C6H11NOS/c1-4(2)6(8)7-5(3)9/h5,9H,1H2,2-3H3,(H,7,8). The molecule has 0 aromatic rings. The van der Waals surface area contributed by atoms with Gasteiger partial charge >= 0.3 is 0 Å². The molecule has 0 aliphatic heterocycles. The van der Waals surface area contributed by atoms with Gasteiger partial charge < -0.3 is 5.32 Å². The van der Waals surface area contributed by atoms with Crippen molar-refractivity contribution in [3.63, 3.8) is 0 Å². The van der Waals surface area contributed by atoms with Gasteiger partial charge in [0.25, 0.3) is 0 Å². The average Bonchev–Trinajstić information content (AvgIpc) is 1.63. The Morgan fingerprint density at radius 3 is 2.33 bits per heavy atom. The summed E-state index contributed by atoms with van der Waals surface area (Å²) in [5.74, 6) is -0.141. The second-order valence-electron chi connectivity index (χ2n) is 1.93. The van der Waals surface area contributed by atoms with E-state index in [-0.39, 0.29) is 11.3 Å². The van der Waals surface area contributed by atoms with E-state index < -0.39 is 0 Å². The fraction of sp³-hybridized carbons (Fsp3) is 0.500. The number of carbonyl (C=O) groups excluding carboxylic acids is 1. The molecule has 0 aliphatic rings. The highest BCUT2D eigenvalue weighted by atomic mass is 32.1. The molecule has 0 saturated carbocycles. The van der Waals surface area contributed by atoms with Gasteiger partial charge in [-0.25, -0.2) is 0 Å². The van der Waals surface area contributed by atoms with Gasteiger partial charge in [-0.2, -0.15) is 12.6 Å². The van der Waals surface area contributed by atoms with Crippen molar-refractivity contribution < 1.29 is 4.79 Å². The maximum atomic E-state index is 10.7. The monoisotopic (exact) mass is 145 g/mol. The van der Waals surface area contributed by atoms with Crippen LogP contribution in [0.15, 0.2) is 12.2 Å². The lowest BCUT2D eigenvalue weighted by molar-refractivity contribution is -0.117. The summed E-state index contributed by atoms with van der Waals surface area (Å²) < 4.78 is 0. The van der Waals surface area contributed by atoms with E-state index in [1.54, 1.807) is 13.8 Å². The molecule has 0 rings (SSSR count). The van der Waals surface area contributed by atoms with Gasteiger partial charge in [0.1, 0.15) is 0 Å². The molecule has 3 heteroatoms. The molecule has 9 heavy (non-hydrogen) atoms. The zero-order valence-electron chi connectivity index (χ0n) is 5.64. The van der Waals surface area contributed by atoms with E-state index in [0.29, 0.717) is 5.57 Å². The predicted molar refractivity (Wildman–Crippen MR) is 41.4 cm³/mol. The van der Waals surface area contributed by atoms with Gasteiger partial charge in [0.2, 0.25) is 5.91 Å². The van der Waals surface area contributed by atoms with Gasteiger partial charge in [0.15, 0.2) is 0 Å². The van der Waals surface area contributed by atoms with Crippen LogP contribution in [-0.2, 0) is 4.79 Å². The highest BCUT2D eigenvalue weighted by Crippen LogP contribution is 1.90. The quantitative estimate of drug-likeness (QED) is 0.338. The summed E-state index contributed by atoms with van der Waals surface area (Å²) in [6.07, 6.45) is 0. The highest BCUT2D eigenvalue weighted by molar-refractivity contribution is 7.80. The predicted octanol–water partition coefficient (Wildman–Crippen LogP) is 0.954. The third kappa shape index (κ3) is 4.09. The second-order valence-corrected chi connectivity index (χ2v) is 2.70. The van der Waals surface area contributed by atoms with Crippen LogP contribution >= 0.6 is 12.6 Å². The number of hydrogen-bond acceptors (Lipinski definition) is 2. The van der Waals surface area contributed by atoms with E-state index in [0.717, 1.165) is 0 Å². The van der Waals surface area contributed by atoms with Crippen molar-refractivity contribution in [2.24, 2.45) is 0 Å². The van der Waals surface area contributed by atoms with Gasteiger partial charge in [-0.1, -0.05) is 6.58 Å². The van der Waals surface area contributed by atoms with Gasteiger partial charge in [-0.15, -0.1) is 0 Å². The zero-order valence-corrected chi connectivity index (χ0v) is 6.53. The van der Waals surface area contributed by atoms with Crippen LogP contribution in [0.4, 0.5) is 0 Å². The maximum absolute atomic E-state index is 10.7. The molecule has 0 bridgehead atoms. The van der Waals surface area contributed by atoms with Crippen molar-refractivity contribution in [2.75, 3.05) is 0 Å². The first kappa shape index (κ1) is 8.56. The topological polar surface area (TPSA) is 29.1 Å². The Morgan fingerprint density at radius 2 is 2.22 bits per heavy atom. The summed E-state index contributed by atoms with van der Waals surface area (Å²) in [7, 11) is 0. The van der Waals surface area contributed by atoms with Gasteiger partial charge in [0.05, 0.1) is 5.37 Å². The third-order valence-electron chi connectivity index (χ3n) is 0.728. The molecule has 0 aliphatic carbocycles. The third-order valence-corrected chi connectivity index (χ3v) is 0.857. The first-order chi connectivity index (χ1) is 4.04. The molecule has 52 valence electrons. The van der Waals surface area contributed by atoms with Gasteiger partial charge in [0, 0.05) is 5.57 Å². The number of carbonyl (C=O) groups is 1. The van der Waals surface area contributed by atoms with E-state index in [9.17, 15) is 4.79 Å². The SMILES string of the molecule is C=C(C)C(=O)NC(C)S. The molecule has 1 N–H and O–H groups in total. The van der Waals surface area contributed by atoms with E-state index >= 15 is 0 Å². The van der Waals surface area contributed by atoms with Crippen LogP contribution in [0.1, 0.15) is 13.8 Å². The molecule has 1 unspecified atom stereocenters. The largest absolute Gasteiger partial charge is 0.341 e. The highest BCUT2D eigenvalue weighted by Gasteiger charge is 2.01. The molecule has 0 aromatic carbocycles. The van der Waals surface area contributed by atoms with Crippen molar-refractivity contribution in [3.05, 3.63) is 12.2 Å². The van der Waals surface area contributed by atoms with Gasteiger partial charge in [-0.3, -0.25) is 4.79 Å². The Morgan fingerprint density at radius 1 is 1.78 bits per heavy atom. The van der Waals surface area contributed by atoms with Crippen LogP contribution < -0.4 is 5.32 Å². The number of hydrogen-bond donors (Lipinski definition) is 2. The number of rotatable bonds is 2. The number of nitrogens with one attached hydrogen (secondary N) is 1. The molecular formula is C6H11NOS.